The van der Waals surface area contributed by atoms with Gasteiger partial charge in [-0.2, -0.15) is 0 Å². The Kier molecular flexibility index (Phi) is 2.87. The van der Waals surface area contributed by atoms with Crippen LogP contribution in [0.25, 0.3) is 0 Å². The molecule has 1 heteroatoms. The molecule has 0 spiro atoms. The van der Waals surface area contributed by atoms with E-state index in [9.17, 15) is 0 Å². The summed E-state index contributed by atoms with van der Waals surface area (Å²) < 4.78 is 0. The SMILES string of the molecule is CC(N)CCC1Cc2ccccc2C1. The quantitative estimate of drug-likeness (QED) is 0.777. The van der Waals surface area contributed by atoms with E-state index in [4.69, 9.17) is 5.73 Å². The van der Waals surface area contributed by atoms with E-state index in [1.807, 2.05) is 0 Å². The van der Waals surface area contributed by atoms with E-state index in [-0.39, 0.29) is 0 Å². The zero-order valence-electron chi connectivity index (χ0n) is 8.87. The van der Waals surface area contributed by atoms with E-state index in [1.54, 1.807) is 11.1 Å². The van der Waals surface area contributed by atoms with Crippen molar-refractivity contribution in [2.45, 2.75) is 38.6 Å². The molecule has 0 amide bonds. The molecule has 0 aliphatic heterocycles. The Labute approximate surface area is 86.3 Å². The third kappa shape index (κ3) is 2.16. The Morgan fingerprint density at radius 2 is 1.86 bits per heavy atom. The molecule has 1 aliphatic carbocycles. The average molecular weight is 189 g/mol. The highest BCUT2D eigenvalue weighted by Gasteiger charge is 2.20. The fraction of sp³-hybridized carbons (Fsp3) is 0.538. The molecule has 1 atom stereocenters. The summed E-state index contributed by atoms with van der Waals surface area (Å²) in [6.45, 7) is 2.10. The largest absolute Gasteiger partial charge is 0.328 e. The summed E-state index contributed by atoms with van der Waals surface area (Å²) in [5.74, 6) is 0.846. The van der Waals surface area contributed by atoms with Gasteiger partial charge in [0.15, 0.2) is 0 Å². The molecular weight excluding hydrogens is 170 g/mol. The minimum atomic E-state index is 0.360. The van der Waals surface area contributed by atoms with Crippen LogP contribution < -0.4 is 5.73 Å². The first-order chi connectivity index (χ1) is 6.75. The molecule has 0 radical (unpaired) electrons. The molecule has 1 unspecified atom stereocenters. The van der Waals surface area contributed by atoms with E-state index in [1.165, 1.54) is 25.7 Å². The van der Waals surface area contributed by atoms with Crippen molar-refractivity contribution in [2.24, 2.45) is 11.7 Å². The highest BCUT2D eigenvalue weighted by molar-refractivity contribution is 5.31. The van der Waals surface area contributed by atoms with Crippen molar-refractivity contribution in [3.8, 4) is 0 Å². The standard InChI is InChI=1S/C13H19N/c1-10(14)6-7-11-8-12-4-2-3-5-13(12)9-11/h2-5,10-11H,6-9,14H2,1H3. The molecule has 1 nitrogen and oxygen atoms in total. The average Bonchev–Trinajstić information content (AvgIpc) is 2.57. The second-order valence-corrected chi connectivity index (χ2v) is 4.60. The van der Waals surface area contributed by atoms with E-state index < -0.39 is 0 Å². The second kappa shape index (κ2) is 4.14. The summed E-state index contributed by atoms with van der Waals surface area (Å²) in [7, 11) is 0. The van der Waals surface area contributed by atoms with Crippen molar-refractivity contribution < 1.29 is 0 Å². The number of hydrogen-bond acceptors (Lipinski definition) is 1. The zero-order chi connectivity index (χ0) is 9.97. The summed E-state index contributed by atoms with van der Waals surface area (Å²) >= 11 is 0. The lowest BCUT2D eigenvalue weighted by Crippen LogP contribution is -2.16. The zero-order valence-corrected chi connectivity index (χ0v) is 8.87. The molecule has 1 aromatic rings. The van der Waals surface area contributed by atoms with Crippen LogP contribution in [-0.4, -0.2) is 6.04 Å². The predicted octanol–water partition coefficient (Wildman–Crippen LogP) is 2.53. The number of benzene rings is 1. The molecule has 0 bridgehead atoms. The van der Waals surface area contributed by atoms with Crippen LogP contribution in [0.5, 0.6) is 0 Å². The first-order valence-corrected chi connectivity index (χ1v) is 5.58. The molecule has 0 heterocycles. The van der Waals surface area contributed by atoms with Gasteiger partial charge in [0.2, 0.25) is 0 Å². The van der Waals surface area contributed by atoms with Gasteiger partial charge in [-0.3, -0.25) is 0 Å². The fourth-order valence-corrected chi connectivity index (χ4v) is 2.35. The minimum Gasteiger partial charge on any atom is -0.328 e. The number of rotatable bonds is 3. The Morgan fingerprint density at radius 3 is 2.36 bits per heavy atom. The van der Waals surface area contributed by atoms with Gasteiger partial charge in [0, 0.05) is 6.04 Å². The monoisotopic (exact) mass is 189 g/mol. The molecule has 0 fully saturated rings. The molecule has 1 aromatic carbocycles. The lowest BCUT2D eigenvalue weighted by Gasteiger charge is -2.10. The van der Waals surface area contributed by atoms with Gasteiger partial charge in [-0.25, -0.2) is 0 Å². The van der Waals surface area contributed by atoms with E-state index in [0.717, 1.165) is 5.92 Å². The van der Waals surface area contributed by atoms with Crippen LogP contribution in [0.15, 0.2) is 24.3 Å². The Morgan fingerprint density at radius 1 is 1.29 bits per heavy atom. The Bertz CT molecular complexity index is 279. The molecule has 76 valence electrons. The van der Waals surface area contributed by atoms with Crippen molar-refractivity contribution in [1.82, 2.24) is 0 Å². The van der Waals surface area contributed by atoms with Crippen LogP contribution in [-0.2, 0) is 12.8 Å². The van der Waals surface area contributed by atoms with Crippen LogP contribution in [0.4, 0.5) is 0 Å². The van der Waals surface area contributed by atoms with Gasteiger partial charge in [-0.15, -0.1) is 0 Å². The summed E-state index contributed by atoms with van der Waals surface area (Å²) in [4.78, 5) is 0. The number of fused-ring (bicyclic) bond motifs is 1. The van der Waals surface area contributed by atoms with Gasteiger partial charge in [-0.1, -0.05) is 24.3 Å². The molecule has 14 heavy (non-hydrogen) atoms. The first-order valence-electron chi connectivity index (χ1n) is 5.58. The van der Waals surface area contributed by atoms with Gasteiger partial charge in [-0.05, 0) is 49.7 Å². The predicted molar refractivity (Wildman–Crippen MR) is 60.2 cm³/mol. The topological polar surface area (TPSA) is 26.0 Å². The maximum Gasteiger partial charge on any atom is 0.00105 e. The first kappa shape index (κ1) is 9.72. The molecule has 0 saturated heterocycles. The van der Waals surface area contributed by atoms with E-state index >= 15 is 0 Å². The fourth-order valence-electron chi connectivity index (χ4n) is 2.35. The van der Waals surface area contributed by atoms with Crippen LogP contribution in [0, 0.1) is 5.92 Å². The van der Waals surface area contributed by atoms with Crippen molar-refractivity contribution in [1.29, 1.82) is 0 Å². The van der Waals surface area contributed by atoms with Crippen molar-refractivity contribution in [3.05, 3.63) is 35.4 Å². The molecule has 2 N–H and O–H groups in total. The highest BCUT2D eigenvalue weighted by Crippen LogP contribution is 2.29. The molecule has 0 aromatic heterocycles. The van der Waals surface area contributed by atoms with Gasteiger partial charge >= 0.3 is 0 Å². The smallest absolute Gasteiger partial charge is 0.00105 e. The summed E-state index contributed by atoms with van der Waals surface area (Å²) in [5.41, 5.74) is 8.89. The molecule has 2 rings (SSSR count). The molecule has 0 saturated carbocycles. The van der Waals surface area contributed by atoms with Crippen LogP contribution in [0.1, 0.15) is 30.9 Å². The second-order valence-electron chi connectivity index (χ2n) is 4.60. The highest BCUT2D eigenvalue weighted by atomic mass is 14.6. The summed E-state index contributed by atoms with van der Waals surface area (Å²) in [5, 5.41) is 0. The van der Waals surface area contributed by atoms with Gasteiger partial charge in [0.25, 0.3) is 0 Å². The number of nitrogens with two attached hydrogens (primary N) is 1. The summed E-state index contributed by atoms with van der Waals surface area (Å²) in [6, 6.07) is 9.18. The summed E-state index contributed by atoms with van der Waals surface area (Å²) in [6.07, 6.45) is 4.98. The Balaban J connectivity index is 1.92. The third-order valence-electron chi connectivity index (χ3n) is 3.17. The Hall–Kier alpha value is -0.820. The lowest BCUT2D eigenvalue weighted by atomic mass is 9.98. The van der Waals surface area contributed by atoms with Crippen molar-refractivity contribution >= 4 is 0 Å². The van der Waals surface area contributed by atoms with Crippen LogP contribution in [0.2, 0.25) is 0 Å². The normalized spacial score (nSPS) is 18.1. The maximum absolute atomic E-state index is 5.78. The number of hydrogen-bond donors (Lipinski definition) is 1. The van der Waals surface area contributed by atoms with Crippen LogP contribution >= 0.6 is 0 Å². The minimum absolute atomic E-state index is 0.360. The van der Waals surface area contributed by atoms with Gasteiger partial charge in [0.1, 0.15) is 0 Å². The van der Waals surface area contributed by atoms with E-state index in [0.29, 0.717) is 6.04 Å². The molecule has 1 aliphatic rings. The van der Waals surface area contributed by atoms with E-state index in [2.05, 4.69) is 31.2 Å². The van der Waals surface area contributed by atoms with Gasteiger partial charge < -0.3 is 5.73 Å². The van der Waals surface area contributed by atoms with Gasteiger partial charge in [0.05, 0.1) is 0 Å². The van der Waals surface area contributed by atoms with Crippen molar-refractivity contribution in [3.63, 3.8) is 0 Å². The van der Waals surface area contributed by atoms with Crippen molar-refractivity contribution in [2.75, 3.05) is 0 Å². The maximum atomic E-state index is 5.78. The van der Waals surface area contributed by atoms with Crippen LogP contribution in [0.3, 0.4) is 0 Å². The molecular formula is C13H19N. The third-order valence-corrected chi connectivity index (χ3v) is 3.17. The lowest BCUT2D eigenvalue weighted by molar-refractivity contribution is 0.466.